The van der Waals surface area contributed by atoms with Crippen molar-refractivity contribution in [1.82, 2.24) is 10.3 Å². The van der Waals surface area contributed by atoms with E-state index in [1.165, 1.54) is 10.4 Å². The number of hydrogen-bond acceptors (Lipinski definition) is 3. The summed E-state index contributed by atoms with van der Waals surface area (Å²) in [7, 11) is 0. The topological polar surface area (TPSA) is 24.9 Å². The van der Waals surface area contributed by atoms with E-state index < -0.39 is 0 Å². The number of halogens is 1. The molecule has 4 heteroatoms. The average molecular weight is 295 g/mol. The van der Waals surface area contributed by atoms with Crippen LogP contribution in [0.2, 0.25) is 4.34 Å². The standard InChI is InChI=1S/C15H19ClN2S/c1-4-17-14(9-13-5-6-15(16)19-13)12-7-10(2)18-11(3)8-12/h5-8,14,17H,4,9H2,1-3H3. The Kier molecular flexibility index (Phi) is 4.97. The Morgan fingerprint density at radius 1 is 1.26 bits per heavy atom. The van der Waals surface area contributed by atoms with Crippen LogP contribution >= 0.6 is 22.9 Å². The second-order valence-corrected chi connectivity index (χ2v) is 6.50. The van der Waals surface area contributed by atoms with Crippen LogP contribution in [0.4, 0.5) is 0 Å². The van der Waals surface area contributed by atoms with Crippen LogP contribution in [0.3, 0.4) is 0 Å². The monoisotopic (exact) mass is 294 g/mol. The molecule has 2 rings (SSSR count). The van der Waals surface area contributed by atoms with E-state index in [-0.39, 0.29) is 0 Å². The lowest BCUT2D eigenvalue weighted by Crippen LogP contribution is -2.23. The molecule has 2 nitrogen and oxygen atoms in total. The van der Waals surface area contributed by atoms with Gasteiger partial charge in [0.15, 0.2) is 0 Å². The van der Waals surface area contributed by atoms with Crippen LogP contribution in [-0.4, -0.2) is 11.5 Å². The highest BCUT2D eigenvalue weighted by atomic mass is 35.5. The lowest BCUT2D eigenvalue weighted by atomic mass is 10.0. The number of aromatic nitrogens is 1. The van der Waals surface area contributed by atoms with E-state index in [1.54, 1.807) is 11.3 Å². The Labute approximate surface area is 123 Å². The van der Waals surface area contributed by atoms with Gasteiger partial charge < -0.3 is 5.32 Å². The van der Waals surface area contributed by atoms with Gasteiger partial charge in [-0.25, -0.2) is 0 Å². The maximum absolute atomic E-state index is 6.01. The Morgan fingerprint density at radius 3 is 2.47 bits per heavy atom. The molecule has 0 saturated heterocycles. The highest BCUT2D eigenvalue weighted by molar-refractivity contribution is 7.16. The molecule has 0 aliphatic carbocycles. The minimum absolute atomic E-state index is 0.320. The summed E-state index contributed by atoms with van der Waals surface area (Å²) >= 11 is 7.66. The van der Waals surface area contributed by atoms with E-state index in [9.17, 15) is 0 Å². The smallest absolute Gasteiger partial charge is 0.0931 e. The number of aryl methyl sites for hydroxylation is 2. The summed E-state index contributed by atoms with van der Waals surface area (Å²) in [5.74, 6) is 0. The molecule has 0 aromatic carbocycles. The molecular weight excluding hydrogens is 276 g/mol. The molecular formula is C15H19ClN2S. The molecule has 2 aromatic rings. The molecule has 1 N–H and O–H groups in total. The van der Waals surface area contributed by atoms with E-state index in [0.717, 1.165) is 28.7 Å². The Hall–Kier alpha value is -0.900. The Morgan fingerprint density at radius 2 is 1.95 bits per heavy atom. The maximum atomic E-state index is 6.01. The van der Waals surface area contributed by atoms with Crippen LogP contribution in [0, 0.1) is 13.8 Å². The van der Waals surface area contributed by atoms with Gasteiger partial charge in [0.05, 0.1) is 4.34 Å². The van der Waals surface area contributed by atoms with Crippen LogP contribution in [0.25, 0.3) is 0 Å². The summed E-state index contributed by atoms with van der Waals surface area (Å²) in [5.41, 5.74) is 3.45. The van der Waals surface area contributed by atoms with Gasteiger partial charge in [0.2, 0.25) is 0 Å². The van der Waals surface area contributed by atoms with Crippen molar-refractivity contribution < 1.29 is 0 Å². The molecule has 0 fully saturated rings. The first-order valence-corrected chi connectivity index (χ1v) is 7.70. The van der Waals surface area contributed by atoms with Crippen molar-refractivity contribution in [2.75, 3.05) is 6.54 Å². The number of nitrogens with zero attached hydrogens (tertiary/aromatic N) is 1. The predicted octanol–water partition coefficient (Wildman–Crippen LogP) is 4.31. The van der Waals surface area contributed by atoms with Gasteiger partial charge in [0.1, 0.15) is 0 Å². The van der Waals surface area contributed by atoms with E-state index in [4.69, 9.17) is 11.6 Å². The summed E-state index contributed by atoms with van der Waals surface area (Å²) in [5, 5.41) is 3.55. The van der Waals surface area contributed by atoms with Crippen LogP contribution in [0.5, 0.6) is 0 Å². The van der Waals surface area contributed by atoms with Crippen molar-refractivity contribution in [3.8, 4) is 0 Å². The van der Waals surface area contributed by atoms with E-state index >= 15 is 0 Å². The van der Waals surface area contributed by atoms with Crippen molar-refractivity contribution in [1.29, 1.82) is 0 Å². The highest BCUT2D eigenvalue weighted by Crippen LogP contribution is 2.27. The van der Waals surface area contributed by atoms with E-state index in [0.29, 0.717) is 6.04 Å². The quantitative estimate of drug-likeness (QED) is 0.889. The van der Waals surface area contributed by atoms with Gasteiger partial charge in [-0.1, -0.05) is 18.5 Å². The second kappa shape index (κ2) is 6.51. The average Bonchev–Trinajstić information content (AvgIpc) is 2.73. The number of rotatable bonds is 5. The van der Waals surface area contributed by atoms with Gasteiger partial charge in [-0.15, -0.1) is 11.3 Å². The van der Waals surface area contributed by atoms with Crippen molar-refractivity contribution in [2.24, 2.45) is 0 Å². The van der Waals surface area contributed by atoms with E-state index in [2.05, 4.69) is 35.4 Å². The SMILES string of the molecule is CCNC(Cc1ccc(Cl)s1)c1cc(C)nc(C)c1. The molecule has 19 heavy (non-hydrogen) atoms. The largest absolute Gasteiger partial charge is 0.310 e. The van der Waals surface area contributed by atoms with Crippen LogP contribution in [0.1, 0.15) is 34.8 Å². The zero-order chi connectivity index (χ0) is 13.8. The zero-order valence-electron chi connectivity index (χ0n) is 11.5. The number of pyridine rings is 1. The van der Waals surface area contributed by atoms with E-state index in [1.807, 2.05) is 19.9 Å². The number of nitrogens with one attached hydrogen (secondary N) is 1. The van der Waals surface area contributed by atoms with Gasteiger partial charge in [0.25, 0.3) is 0 Å². The second-order valence-electron chi connectivity index (χ2n) is 4.70. The summed E-state index contributed by atoms with van der Waals surface area (Å²) in [6.07, 6.45) is 0.966. The van der Waals surface area contributed by atoms with Gasteiger partial charge >= 0.3 is 0 Å². The fourth-order valence-corrected chi connectivity index (χ4v) is 3.42. The molecule has 102 valence electrons. The first kappa shape index (κ1) is 14.5. The minimum Gasteiger partial charge on any atom is -0.310 e. The summed E-state index contributed by atoms with van der Waals surface area (Å²) in [4.78, 5) is 5.75. The molecule has 0 bridgehead atoms. The molecule has 0 amide bonds. The normalized spacial score (nSPS) is 12.6. The number of thiophene rings is 1. The molecule has 0 aliphatic heterocycles. The summed E-state index contributed by atoms with van der Waals surface area (Å²) in [6.45, 7) is 7.17. The van der Waals surface area contributed by atoms with Crippen LogP contribution in [0.15, 0.2) is 24.3 Å². The number of likely N-dealkylation sites (N-methyl/N-ethyl adjacent to an activating group) is 1. The third-order valence-electron chi connectivity index (χ3n) is 2.99. The Bertz CT molecular complexity index is 531. The fourth-order valence-electron chi connectivity index (χ4n) is 2.28. The van der Waals surface area contributed by atoms with Crippen LogP contribution < -0.4 is 5.32 Å². The third-order valence-corrected chi connectivity index (χ3v) is 4.24. The first-order chi connectivity index (χ1) is 9.08. The van der Waals surface area contributed by atoms with Crippen molar-refractivity contribution >= 4 is 22.9 Å². The molecule has 1 unspecified atom stereocenters. The lowest BCUT2D eigenvalue weighted by Gasteiger charge is -2.18. The molecule has 0 spiro atoms. The predicted molar refractivity (Wildman–Crippen MR) is 83.2 cm³/mol. The maximum Gasteiger partial charge on any atom is 0.0931 e. The molecule has 0 saturated carbocycles. The molecule has 1 atom stereocenters. The van der Waals surface area contributed by atoms with Crippen molar-refractivity contribution in [3.63, 3.8) is 0 Å². The molecule has 0 radical (unpaired) electrons. The molecule has 2 aromatic heterocycles. The van der Waals surface area contributed by atoms with Gasteiger partial charge in [-0.05, 0) is 50.2 Å². The molecule has 2 heterocycles. The first-order valence-electron chi connectivity index (χ1n) is 6.51. The molecule has 0 aliphatic rings. The Balaban J connectivity index is 2.23. The van der Waals surface area contributed by atoms with Crippen molar-refractivity contribution in [3.05, 3.63) is 50.4 Å². The minimum atomic E-state index is 0.320. The van der Waals surface area contributed by atoms with Gasteiger partial charge in [-0.3, -0.25) is 4.98 Å². The third kappa shape index (κ3) is 4.03. The van der Waals surface area contributed by atoms with Crippen molar-refractivity contribution in [2.45, 2.75) is 33.2 Å². The lowest BCUT2D eigenvalue weighted by molar-refractivity contribution is 0.552. The summed E-state index contributed by atoms with van der Waals surface area (Å²) < 4.78 is 0.854. The summed E-state index contributed by atoms with van der Waals surface area (Å²) in [6, 6.07) is 8.72. The highest BCUT2D eigenvalue weighted by Gasteiger charge is 2.13. The number of hydrogen-bond donors (Lipinski definition) is 1. The van der Waals surface area contributed by atoms with Gasteiger partial charge in [0, 0.05) is 28.7 Å². The zero-order valence-corrected chi connectivity index (χ0v) is 13.1. The van der Waals surface area contributed by atoms with Crippen LogP contribution in [-0.2, 0) is 6.42 Å². The van der Waals surface area contributed by atoms with Gasteiger partial charge in [-0.2, -0.15) is 0 Å². The fraction of sp³-hybridized carbons (Fsp3) is 0.400.